The van der Waals surface area contributed by atoms with E-state index < -0.39 is 10.0 Å². The Labute approximate surface area is 204 Å². The first-order chi connectivity index (χ1) is 16.5. The second-order valence-corrected chi connectivity index (χ2v) is 10.7. The Balaban J connectivity index is 1.64. The molecule has 1 saturated heterocycles. The van der Waals surface area contributed by atoms with E-state index in [1.807, 2.05) is 37.3 Å². The molecule has 0 saturated carbocycles. The summed E-state index contributed by atoms with van der Waals surface area (Å²) in [5, 5.41) is 10.2. The topological polar surface area (TPSA) is 97.4 Å². The first kappa shape index (κ1) is 24.7. The second kappa shape index (κ2) is 11.3. The van der Waals surface area contributed by atoms with Gasteiger partial charge in [0, 0.05) is 38.6 Å². The zero-order valence-corrected chi connectivity index (χ0v) is 20.8. The highest BCUT2D eigenvalue weighted by molar-refractivity contribution is 7.98. The number of hydrogen-bond donors (Lipinski definition) is 0. The Hall–Kier alpha value is -2.42. The monoisotopic (exact) mass is 500 g/mol. The molecule has 34 heavy (non-hydrogen) atoms. The Morgan fingerprint density at radius 3 is 2.76 bits per heavy atom. The summed E-state index contributed by atoms with van der Waals surface area (Å²) in [6.07, 6.45) is 0.815. The van der Waals surface area contributed by atoms with E-state index in [-0.39, 0.29) is 4.90 Å². The first-order valence-electron chi connectivity index (χ1n) is 11.3. The highest BCUT2D eigenvalue weighted by Gasteiger charge is 2.27. The van der Waals surface area contributed by atoms with E-state index in [9.17, 15) is 13.7 Å². The summed E-state index contributed by atoms with van der Waals surface area (Å²) in [5.74, 6) is 0.595. The van der Waals surface area contributed by atoms with Gasteiger partial charge in [-0.05, 0) is 43.2 Å². The standard InChI is InChI=1S/C24H28N4O4S2/c1-2-31-13-5-10-28-23-9-8-21(34(29,30)27-11-14-32-15-12-27)16-22(23)26-24(28)33-18-20-7-4-3-6-19(20)17-25/h3-4,6-9,16H,2,5,10-15,18H2,1H3. The molecule has 1 fully saturated rings. The van der Waals surface area contributed by atoms with Gasteiger partial charge in [0.15, 0.2) is 5.16 Å². The molecule has 0 N–H and O–H groups in total. The van der Waals surface area contributed by atoms with Crippen LogP contribution in [0.4, 0.5) is 0 Å². The maximum Gasteiger partial charge on any atom is 0.243 e. The molecule has 0 atom stereocenters. The second-order valence-electron chi connectivity index (χ2n) is 7.82. The highest BCUT2D eigenvalue weighted by atomic mass is 32.2. The van der Waals surface area contributed by atoms with E-state index in [2.05, 4.69) is 10.6 Å². The van der Waals surface area contributed by atoms with Gasteiger partial charge in [-0.25, -0.2) is 13.4 Å². The van der Waals surface area contributed by atoms with E-state index in [0.717, 1.165) is 22.7 Å². The molecule has 0 unspecified atom stereocenters. The molecule has 180 valence electrons. The Morgan fingerprint density at radius 2 is 2.00 bits per heavy atom. The molecule has 0 aliphatic carbocycles. The van der Waals surface area contributed by atoms with Crippen molar-refractivity contribution < 1.29 is 17.9 Å². The zero-order chi connectivity index (χ0) is 24.0. The van der Waals surface area contributed by atoms with Crippen LogP contribution in [-0.2, 0) is 31.8 Å². The summed E-state index contributed by atoms with van der Waals surface area (Å²) in [6.45, 7) is 5.49. The van der Waals surface area contributed by atoms with Crippen molar-refractivity contribution in [3.05, 3.63) is 53.6 Å². The Bertz CT molecular complexity index is 1280. The Morgan fingerprint density at radius 1 is 1.21 bits per heavy atom. The van der Waals surface area contributed by atoms with Crippen LogP contribution in [0.2, 0.25) is 0 Å². The summed E-state index contributed by atoms with van der Waals surface area (Å²) in [4.78, 5) is 5.04. The number of aromatic nitrogens is 2. The third-order valence-electron chi connectivity index (χ3n) is 5.66. The van der Waals surface area contributed by atoms with Gasteiger partial charge < -0.3 is 14.0 Å². The minimum atomic E-state index is -3.60. The molecule has 0 bridgehead atoms. The lowest BCUT2D eigenvalue weighted by molar-refractivity contribution is 0.0730. The lowest BCUT2D eigenvalue weighted by atomic mass is 10.1. The quantitative estimate of drug-likeness (QED) is 0.310. The molecule has 4 rings (SSSR count). The van der Waals surface area contributed by atoms with E-state index in [0.29, 0.717) is 62.9 Å². The van der Waals surface area contributed by atoms with Crippen molar-refractivity contribution in [2.45, 2.75) is 35.7 Å². The zero-order valence-electron chi connectivity index (χ0n) is 19.1. The van der Waals surface area contributed by atoms with Crippen LogP contribution in [0.1, 0.15) is 24.5 Å². The smallest absolute Gasteiger partial charge is 0.243 e. The number of imidazole rings is 1. The lowest BCUT2D eigenvalue weighted by Crippen LogP contribution is -2.40. The number of sulfonamides is 1. The highest BCUT2D eigenvalue weighted by Crippen LogP contribution is 2.30. The van der Waals surface area contributed by atoms with Gasteiger partial charge in [-0.3, -0.25) is 0 Å². The molecule has 1 aliphatic rings. The molecule has 2 aromatic carbocycles. The van der Waals surface area contributed by atoms with Crippen molar-refractivity contribution in [1.29, 1.82) is 5.26 Å². The fourth-order valence-corrected chi connectivity index (χ4v) is 6.35. The maximum atomic E-state index is 13.1. The molecule has 2 heterocycles. The van der Waals surface area contributed by atoms with Crippen LogP contribution in [-0.4, -0.2) is 61.8 Å². The fraction of sp³-hybridized carbons (Fsp3) is 0.417. The largest absolute Gasteiger partial charge is 0.382 e. The fourth-order valence-electron chi connectivity index (χ4n) is 3.88. The summed E-state index contributed by atoms with van der Waals surface area (Å²) in [6, 6.07) is 14.9. The molecule has 1 aliphatic heterocycles. The van der Waals surface area contributed by atoms with E-state index >= 15 is 0 Å². The predicted octanol–water partition coefficient (Wildman–Crippen LogP) is 3.65. The number of nitriles is 1. The Kier molecular flexibility index (Phi) is 8.24. The first-order valence-corrected chi connectivity index (χ1v) is 13.7. The normalized spacial score (nSPS) is 14.9. The summed E-state index contributed by atoms with van der Waals surface area (Å²) in [7, 11) is -3.60. The summed E-state index contributed by atoms with van der Waals surface area (Å²) >= 11 is 1.54. The van der Waals surface area contributed by atoms with Crippen LogP contribution >= 0.6 is 11.8 Å². The van der Waals surface area contributed by atoms with Gasteiger partial charge in [-0.15, -0.1) is 0 Å². The number of thioether (sulfide) groups is 1. The van der Waals surface area contributed by atoms with E-state index in [1.54, 1.807) is 23.9 Å². The minimum absolute atomic E-state index is 0.243. The number of ether oxygens (including phenoxy) is 2. The molecular weight excluding hydrogens is 472 g/mol. The molecule has 0 radical (unpaired) electrons. The van der Waals surface area contributed by atoms with Gasteiger partial charge >= 0.3 is 0 Å². The minimum Gasteiger partial charge on any atom is -0.382 e. The SMILES string of the molecule is CCOCCCn1c(SCc2ccccc2C#N)nc2cc(S(=O)(=O)N3CCOCC3)ccc21. The van der Waals surface area contributed by atoms with Crippen molar-refractivity contribution in [2.24, 2.45) is 0 Å². The van der Waals surface area contributed by atoms with Gasteiger partial charge in [-0.1, -0.05) is 30.0 Å². The number of benzene rings is 2. The molecular formula is C24H28N4O4S2. The van der Waals surface area contributed by atoms with Crippen molar-refractivity contribution >= 4 is 32.8 Å². The molecule has 1 aromatic heterocycles. The van der Waals surface area contributed by atoms with Crippen LogP contribution in [0.15, 0.2) is 52.5 Å². The van der Waals surface area contributed by atoms with Crippen LogP contribution in [0.5, 0.6) is 0 Å². The third kappa shape index (κ3) is 5.45. The number of morpholine rings is 1. The van der Waals surface area contributed by atoms with Crippen molar-refractivity contribution in [3.8, 4) is 6.07 Å². The van der Waals surface area contributed by atoms with Gasteiger partial charge in [0.25, 0.3) is 0 Å². The average molecular weight is 501 g/mol. The number of fused-ring (bicyclic) bond motifs is 1. The van der Waals surface area contributed by atoms with Crippen molar-refractivity contribution in [2.75, 3.05) is 39.5 Å². The molecule has 3 aromatic rings. The van der Waals surface area contributed by atoms with Crippen LogP contribution < -0.4 is 0 Å². The van der Waals surface area contributed by atoms with Crippen molar-refractivity contribution in [3.63, 3.8) is 0 Å². The maximum absolute atomic E-state index is 13.1. The van der Waals surface area contributed by atoms with Gasteiger partial charge in [0.05, 0.1) is 40.8 Å². The van der Waals surface area contributed by atoms with Crippen LogP contribution in [0.25, 0.3) is 11.0 Å². The van der Waals surface area contributed by atoms with Crippen LogP contribution in [0, 0.1) is 11.3 Å². The predicted molar refractivity (Wildman–Crippen MR) is 131 cm³/mol. The van der Waals surface area contributed by atoms with Gasteiger partial charge in [0.1, 0.15) is 0 Å². The van der Waals surface area contributed by atoms with Gasteiger partial charge in [0.2, 0.25) is 10.0 Å². The van der Waals surface area contributed by atoms with Crippen LogP contribution in [0.3, 0.4) is 0 Å². The third-order valence-corrected chi connectivity index (χ3v) is 8.58. The summed E-state index contributed by atoms with van der Waals surface area (Å²) < 4.78 is 40.6. The molecule has 8 nitrogen and oxygen atoms in total. The average Bonchev–Trinajstić information content (AvgIpc) is 3.22. The molecule has 10 heteroatoms. The number of aryl methyl sites for hydroxylation is 1. The molecule has 0 spiro atoms. The van der Waals surface area contributed by atoms with Gasteiger partial charge in [-0.2, -0.15) is 9.57 Å². The number of hydrogen-bond acceptors (Lipinski definition) is 7. The van der Waals surface area contributed by atoms with Crippen molar-refractivity contribution in [1.82, 2.24) is 13.9 Å². The van der Waals surface area contributed by atoms with E-state index in [1.165, 1.54) is 4.31 Å². The lowest BCUT2D eigenvalue weighted by Gasteiger charge is -2.26. The molecule has 0 amide bonds. The van der Waals surface area contributed by atoms with E-state index in [4.69, 9.17) is 14.5 Å². The number of rotatable bonds is 10. The summed E-state index contributed by atoms with van der Waals surface area (Å²) in [5.41, 5.74) is 3.11. The number of nitrogens with zero attached hydrogens (tertiary/aromatic N) is 4.